The molecule has 0 radical (unpaired) electrons. The highest BCUT2D eigenvalue weighted by molar-refractivity contribution is 5.73. The maximum Gasteiger partial charge on any atom is 0.254 e. The van der Waals surface area contributed by atoms with E-state index in [1.54, 1.807) is 14.0 Å². The zero-order valence-corrected chi connectivity index (χ0v) is 11.0. The summed E-state index contributed by atoms with van der Waals surface area (Å²) in [6, 6.07) is 4.00. The molecule has 1 heterocycles. The molecular formula is C14H16N2O2. The molecule has 18 heavy (non-hydrogen) atoms. The quantitative estimate of drug-likeness (QED) is 0.882. The van der Waals surface area contributed by atoms with E-state index in [2.05, 4.69) is 16.0 Å². The van der Waals surface area contributed by atoms with Gasteiger partial charge in [0.15, 0.2) is 0 Å². The summed E-state index contributed by atoms with van der Waals surface area (Å²) in [6.07, 6.45) is 1.42. The molecule has 2 aromatic rings. The van der Waals surface area contributed by atoms with E-state index in [1.165, 1.54) is 6.33 Å². The molecule has 0 unspecified atom stereocenters. The predicted octanol–water partition coefficient (Wildman–Crippen LogP) is 2.37. The first-order valence-corrected chi connectivity index (χ1v) is 5.74. The van der Waals surface area contributed by atoms with Gasteiger partial charge in [-0.05, 0) is 38.0 Å². The first-order valence-electron chi connectivity index (χ1n) is 5.74. The van der Waals surface area contributed by atoms with E-state index in [-0.39, 0.29) is 5.56 Å². The number of nitrogens with one attached hydrogen (secondary N) is 1. The van der Waals surface area contributed by atoms with Crippen LogP contribution in [0, 0.1) is 20.8 Å². The van der Waals surface area contributed by atoms with Crippen LogP contribution in [0.15, 0.2) is 23.3 Å². The Kier molecular flexibility index (Phi) is 3.19. The summed E-state index contributed by atoms with van der Waals surface area (Å²) in [5.41, 5.74) is 4.20. The molecule has 0 saturated heterocycles. The number of aromatic nitrogens is 2. The Balaban J connectivity index is 2.78. The maximum absolute atomic E-state index is 11.7. The highest BCUT2D eigenvalue weighted by Gasteiger charge is 2.15. The minimum atomic E-state index is -0.123. The highest BCUT2D eigenvalue weighted by atomic mass is 16.5. The SMILES string of the molecule is COc1cc(C)cc(C)c1-c1nc[nH]c(=O)c1C. The van der Waals surface area contributed by atoms with E-state index in [0.29, 0.717) is 11.3 Å². The summed E-state index contributed by atoms with van der Waals surface area (Å²) >= 11 is 0. The number of methoxy groups -OCH3 is 1. The Bertz CT molecular complexity index is 645. The van der Waals surface area contributed by atoms with Crippen LogP contribution in [0.2, 0.25) is 0 Å². The molecule has 1 aromatic heterocycles. The number of hydrogen-bond donors (Lipinski definition) is 1. The average Bonchev–Trinajstić information content (AvgIpc) is 2.32. The van der Waals surface area contributed by atoms with E-state index in [9.17, 15) is 4.79 Å². The van der Waals surface area contributed by atoms with Gasteiger partial charge in [-0.1, -0.05) is 6.07 Å². The van der Waals surface area contributed by atoms with Gasteiger partial charge >= 0.3 is 0 Å². The van der Waals surface area contributed by atoms with Crippen molar-refractivity contribution in [1.82, 2.24) is 9.97 Å². The van der Waals surface area contributed by atoms with Gasteiger partial charge in [-0.2, -0.15) is 0 Å². The fraction of sp³-hybridized carbons (Fsp3) is 0.286. The summed E-state index contributed by atoms with van der Waals surface area (Å²) in [5, 5.41) is 0. The Labute approximate surface area is 106 Å². The molecule has 0 amide bonds. The lowest BCUT2D eigenvalue weighted by molar-refractivity contribution is 0.415. The van der Waals surface area contributed by atoms with Gasteiger partial charge < -0.3 is 9.72 Å². The molecule has 4 heteroatoms. The fourth-order valence-electron chi connectivity index (χ4n) is 2.11. The van der Waals surface area contributed by atoms with Crippen LogP contribution < -0.4 is 10.3 Å². The summed E-state index contributed by atoms with van der Waals surface area (Å²) in [5.74, 6) is 0.744. The van der Waals surface area contributed by atoms with Crippen LogP contribution in [0.5, 0.6) is 5.75 Å². The molecule has 1 aromatic carbocycles. The van der Waals surface area contributed by atoms with Gasteiger partial charge in [0.25, 0.3) is 5.56 Å². The summed E-state index contributed by atoms with van der Waals surface area (Å²) in [4.78, 5) is 18.5. The number of aryl methyl sites for hydroxylation is 2. The van der Waals surface area contributed by atoms with Crippen molar-refractivity contribution >= 4 is 0 Å². The third-order valence-electron chi connectivity index (χ3n) is 2.99. The highest BCUT2D eigenvalue weighted by Crippen LogP contribution is 2.33. The van der Waals surface area contributed by atoms with Crippen molar-refractivity contribution < 1.29 is 4.74 Å². The monoisotopic (exact) mass is 244 g/mol. The Morgan fingerprint density at radius 2 is 1.94 bits per heavy atom. The lowest BCUT2D eigenvalue weighted by Gasteiger charge is -2.13. The maximum atomic E-state index is 11.7. The molecule has 0 aliphatic carbocycles. The molecule has 2 rings (SSSR count). The number of benzene rings is 1. The third-order valence-corrected chi connectivity index (χ3v) is 2.99. The van der Waals surface area contributed by atoms with Crippen molar-refractivity contribution in [1.29, 1.82) is 0 Å². The number of nitrogens with zero attached hydrogens (tertiary/aromatic N) is 1. The van der Waals surface area contributed by atoms with Crippen molar-refractivity contribution in [2.45, 2.75) is 20.8 Å². The molecule has 0 aliphatic heterocycles. The van der Waals surface area contributed by atoms with Crippen LogP contribution in [0.4, 0.5) is 0 Å². The van der Waals surface area contributed by atoms with Crippen LogP contribution >= 0.6 is 0 Å². The number of ether oxygens (including phenoxy) is 1. The standard InChI is InChI=1S/C14H16N2O2/c1-8-5-9(2)12(11(6-8)18-4)13-10(3)14(17)16-7-15-13/h5-7H,1-4H3,(H,15,16,17). The predicted molar refractivity (Wildman–Crippen MR) is 71.1 cm³/mol. The number of H-pyrrole nitrogens is 1. The Hall–Kier alpha value is -2.10. The van der Waals surface area contributed by atoms with Crippen molar-refractivity contribution in [3.63, 3.8) is 0 Å². The van der Waals surface area contributed by atoms with Crippen molar-refractivity contribution in [2.75, 3.05) is 7.11 Å². The minimum Gasteiger partial charge on any atom is -0.496 e. The topological polar surface area (TPSA) is 55.0 Å². The van der Waals surface area contributed by atoms with Gasteiger partial charge in [0.2, 0.25) is 0 Å². The van der Waals surface area contributed by atoms with Gasteiger partial charge in [-0.15, -0.1) is 0 Å². The molecule has 0 atom stereocenters. The van der Waals surface area contributed by atoms with Crippen LogP contribution in [0.25, 0.3) is 11.3 Å². The first kappa shape index (κ1) is 12.4. The zero-order chi connectivity index (χ0) is 13.3. The van der Waals surface area contributed by atoms with Crippen LogP contribution in [0.1, 0.15) is 16.7 Å². The second-order valence-corrected chi connectivity index (χ2v) is 4.36. The minimum absolute atomic E-state index is 0.123. The molecule has 0 aliphatic rings. The number of hydrogen-bond acceptors (Lipinski definition) is 3. The average molecular weight is 244 g/mol. The fourth-order valence-corrected chi connectivity index (χ4v) is 2.11. The van der Waals surface area contributed by atoms with Crippen molar-refractivity contribution in [3.8, 4) is 17.0 Å². The van der Waals surface area contributed by atoms with Crippen LogP contribution in [-0.2, 0) is 0 Å². The van der Waals surface area contributed by atoms with Gasteiger partial charge in [-0.3, -0.25) is 4.79 Å². The lowest BCUT2D eigenvalue weighted by atomic mass is 9.99. The second-order valence-electron chi connectivity index (χ2n) is 4.36. The van der Waals surface area contributed by atoms with Gasteiger partial charge in [0, 0.05) is 11.1 Å². The molecule has 0 bridgehead atoms. The first-order chi connectivity index (χ1) is 8.54. The molecule has 1 N–H and O–H groups in total. The number of aromatic amines is 1. The van der Waals surface area contributed by atoms with Gasteiger partial charge in [0.1, 0.15) is 5.75 Å². The zero-order valence-electron chi connectivity index (χ0n) is 11.0. The molecule has 4 nitrogen and oxygen atoms in total. The lowest BCUT2D eigenvalue weighted by Crippen LogP contribution is -2.12. The third kappa shape index (κ3) is 2.01. The van der Waals surface area contributed by atoms with Gasteiger partial charge in [0.05, 0.1) is 19.1 Å². The second kappa shape index (κ2) is 4.64. The van der Waals surface area contributed by atoms with E-state index >= 15 is 0 Å². The van der Waals surface area contributed by atoms with Crippen molar-refractivity contribution in [2.24, 2.45) is 0 Å². The van der Waals surface area contributed by atoms with Crippen molar-refractivity contribution in [3.05, 3.63) is 45.5 Å². The molecule has 0 fully saturated rings. The van der Waals surface area contributed by atoms with E-state index < -0.39 is 0 Å². The Morgan fingerprint density at radius 1 is 1.22 bits per heavy atom. The summed E-state index contributed by atoms with van der Waals surface area (Å²) < 4.78 is 5.40. The smallest absolute Gasteiger partial charge is 0.254 e. The summed E-state index contributed by atoms with van der Waals surface area (Å²) in [7, 11) is 1.63. The van der Waals surface area contributed by atoms with Crippen LogP contribution in [0.3, 0.4) is 0 Å². The van der Waals surface area contributed by atoms with E-state index in [0.717, 1.165) is 22.4 Å². The molecule has 0 saturated carbocycles. The van der Waals surface area contributed by atoms with E-state index in [4.69, 9.17) is 4.74 Å². The van der Waals surface area contributed by atoms with Crippen LogP contribution in [-0.4, -0.2) is 17.1 Å². The van der Waals surface area contributed by atoms with E-state index in [1.807, 2.05) is 19.9 Å². The molecule has 94 valence electrons. The van der Waals surface area contributed by atoms with Gasteiger partial charge in [-0.25, -0.2) is 4.98 Å². The molecule has 0 spiro atoms. The molecular weight excluding hydrogens is 228 g/mol. The Morgan fingerprint density at radius 3 is 2.61 bits per heavy atom. The number of rotatable bonds is 2. The summed E-state index contributed by atoms with van der Waals surface area (Å²) in [6.45, 7) is 5.77. The normalized spacial score (nSPS) is 10.4. The largest absolute Gasteiger partial charge is 0.496 e.